The van der Waals surface area contributed by atoms with E-state index in [0.29, 0.717) is 0 Å². The first-order valence-electron chi connectivity index (χ1n) is 29.5. The maximum Gasteiger partial charge on any atom is 0.190 e. The average Bonchev–Trinajstić information content (AvgIpc) is 4.36. The Bertz CT molecular complexity index is 1750. The molecule has 0 radical (unpaired) electrons. The fourth-order valence-corrected chi connectivity index (χ4v) is 4.99. The molecule has 0 unspecified atom stereocenters. The summed E-state index contributed by atoms with van der Waals surface area (Å²) in [5.41, 5.74) is 7.54. The third-order valence-electron chi connectivity index (χ3n) is 7.07. The number of furan rings is 3. The molecule has 0 saturated carbocycles. The normalized spacial score (nSPS) is 7.38. The lowest BCUT2D eigenvalue weighted by Crippen LogP contribution is -1.75. The van der Waals surface area contributed by atoms with Crippen molar-refractivity contribution in [3.63, 3.8) is 0 Å². The van der Waals surface area contributed by atoms with E-state index >= 15 is 0 Å². The smallest absolute Gasteiger partial charge is 0.190 e. The second kappa shape index (κ2) is 92.9. The Morgan fingerprint density at radius 3 is 1.06 bits per heavy atom. The lowest BCUT2D eigenvalue weighted by molar-refractivity contribution is 0.521. The minimum absolute atomic E-state index is 0.718. The molecular formula is C71H124N4O4S2. The number of hydrogen-bond donors (Lipinski definition) is 2. The summed E-state index contributed by atoms with van der Waals surface area (Å²) in [6, 6.07) is 34.2. The Labute approximate surface area is 509 Å². The van der Waals surface area contributed by atoms with Crippen LogP contribution in [0, 0.1) is 62.3 Å². The van der Waals surface area contributed by atoms with Crippen molar-refractivity contribution in [2.45, 2.75) is 201 Å². The molecule has 9 aromatic heterocycles. The molecule has 0 spiro atoms. The fourth-order valence-electron chi connectivity index (χ4n) is 3.80. The maximum atomic E-state index is 4.83. The van der Waals surface area contributed by atoms with Gasteiger partial charge in [0.15, 0.2) is 5.89 Å². The van der Waals surface area contributed by atoms with Crippen molar-refractivity contribution in [1.29, 1.82) is 0 Å². The molecule has 8 nitrogen and oxygen atoms in total. The number of rotatable bonds is 0. The van der Waals surface area contributed by atoms with Crippen LogP contribution in [0.4, 0.5) is 0 Å². The van der Waals surface area contributed by atoms with Gasteiger partial charge in [-0.3, -0.25) is 0 Å². The van der Waals surface area contributed by atoms with E-state index in [2.05, 4.69) is 89.1 Å². The molecule has 0 aliphatic carbocycles. The monoisotopic (exact) mass is 1160 g/mol. The van der Waals surface area contributed by atoms with E-state index in [1.54, 1.807) is 73.4 Å². The zero-order valence-corrected chi connectivity index (χ0v) is 59.0. The topological polar surface area (TPSA) is 102 Å². The van der Waals surface area contributed by atoms with Gasteiger partial charge in [-0.2, -0.15) is 11.3 Å². The Morgan fingerprint density at radius 2 is 0.938 bits per heavy atom. The average molecular weight is 1160 g/mol. The zero-order valence-electron chi connectivity index (χ0n) is 57.3. The van der Waals surface area contributed by atoms with Crippen LogP contribution in [-0.2, 0) is 7.05 Å². The van der Waals surface area contributed by atoms with Crippen molar-refractivity contribution < 1.29 is 17.7 Å². The second-order valence-electron chi connectivity index (χ2n) is 13.1. The van der Waals surface area contributed by atoms with Gasteiger partial charge < -0.3 is 32.2 Å². The molecule has 0 saturated heterocycles. The number of H-pyrrole nitrogens is 2. The van der Waals surface area contributed by atoms with Crippen molar-refractivity contribution in [2.24, 2.45) is 7.05 Å². The summed E-state index contributed by atoms with van der Waals surface area (Å²) in [6.45, 7) is 58.1. The van der Waals surface area contributed by atoms with E-state index in [9.17, 15) is 0 Å². The molecule has 0 fully saturated rings. The van der Waals surface area contributed by atoms with Crippen LogP contribution >= 0.6 is 22.7 Å². The highest BCUT2D eigenvalue weighted by Crippen LogP contribution is 2.04. The number of benzene rings is 1. The summed E-state index contributed by atoms with van der Waals surface area (Å²) >= 11 is 3.52. The van der Waals surface area contributed by atoms with Gasteiger partial charge in [-0.1, -0.05) is 180 Å². The van der Waals surface area contributed by atoms with E-state index in [1.807, 2.05) is 282 Å². The van der Waals surface area contributed by atoms with E-state index in [4.69, 9.17) is 17.7 Å². The van der Waals surface area contributed by atoms with Crippen molar-refractivity contribution >= 4 is 22.7 Å². The molecule has 1 aromatic carbocycles. The molecule has 464 valence electrons. The highest BCUT2D eigenvalue weighted by molar-refractivity contribution is 7.09. The molecular weight excluding hydrogens is 1040 g/mol. The first-order chi connectivity index (χ1) is 39.4. The van der Waals surface area contributed by atoms with Gasteiger partial charge in [-0.05, 0) is 161 Å². The van der Waals surface area contributed by atoms with Gasteiger partial charge in [-0.25, -0.2) is 4.98 Å². The highest BCUT2D eigenvalue weighted by Gasteiger charge is 1.80. The first-order valence-corrected chi connectivity index (χ1v) is 31.4. The van der Waals surface area contributed by atoms with Crippen LogP contribution < -0.4 is 0 Å². The predicted molar refractivity (Wildman–Crippen MR) is 371 cm³/mol. The van der Waals surface area contributed by atoms with Gasteiger partial charge in [0.1, 0.15) is 12.0 Å². The summed E-state index contributed by atoms with van der Waals surface area (Å²) < 4.78 is 21.0. The minimum atomic E-state index is 0.718. The van der Waals surface area contributed by atoms with Crippen molar-refractivity contribution in [1.82, 2.24) is 19.5 Å². The number of aromatic amines is 2. The zero-order chi connectivity index (χ0) is 64.8. The molecule has 81 heavy (non-hydrogen) atoms. The molecule has 2 N–H and O–H groups in total. The van der Waals surface area contributed by atoms with E-state index in [-0.39, 0.29) is 0 Å². The van der Waals surface area contributed by atoms with Crippen LogP contribution in [0.2, 0.25) is 0 Å². The highest BCUT2D eigenvalue weighted by atomic mass is 32.1. The van der Waals surface area contributed by atoms with Gasteiger partial charge in [0, 0.05) is 55.5 Å². The SMILES string of the molecule is CC.CC.CC.CC.CC.CC.CC.CC.CC.CC.Cc1cc[nH]c1.Cc1ccc[nH]1.Cc1ccccc1.Cc1ccco1.Cc1cccs1.Cc1ccoc1.Cc1ccoc1.Cc1ccsc1.Cc1ncco1.Cn1cccc1. The number of aryl methyl sites for hydroxylation is 10. The summed E-state index contributed by atoms with van der Waals surface area (Å²) in [7, 11) is 2.00. The molecule has 0 amide bonds. The molecule has 0 bridgehead atoms. The first kappa shape index (κ1) is 96.8. The fraction of sp³-hybridized carbons (Fsp3) is 0.423. The molecule has 0 atom stereocenters. The quantitative estimate of drug-likeness (QED) is 0.157. The largest absolute Gasteiger partial charge is 0.472 e. The Morgan fingerprint density at radius 1 is 0.420 bits per heavy atom. The summed E-state index contributed by atoms with van der Waals surface area (Å²) in [4.78, 5) is 11.1. The molecule has 10 heteroatoms. The van der Waals surface area contributed by atoms with Crippen molar-refractivity contribution in [3.05, 3.63) is 244 Å². The Kier molecular flexibility index (Phi) is 111. The number of thiophene rings is 2. The summed E-state index contributed by atoms with van der Waals surface area (Å²) in [5, 5.41) is 6.28. The van der Waals surface area contributed by atoms with Crippen LogP contribution in [0.5, 0.6) is 0 Å². The van der Waals surface area contributed by atoms with Gasteiger partial charge in [0.25, 0.3) is 0 Å². The molecule has 10 rings (SSSR count). The summed E-state index contributed by atoms with van der Waals surface area (Å²) in [5.74, 6) is 1.69. The third-order valence-corrected chi connectivity index (χ3v) is 8.68. The Balaban J connectivity index is -0.0000000835. The van der Waals surface area contributed by atoms with Crippen molar-refractivity contribution in [3.8, 4) is 0 Å². The third kappa shape index (κ3) is 90.3. The predicted octanol–water partition coefficient (Wildman–Crippen LogP) is 25.8. The van der Waals surface area contributed by atoms with E-state index < -0.39 is 0 Å². The van der Waals surface area contributed by atoms with Crippen LogP contribution in [-0.4, -0.2) is 19.5 Å². The van der Waals surface area contributed by atoms with Crippen molar-refractivity contribution in [2.75, 3.05) is 0 Å². The van der Waals surface area contributed by atoms with Gasteiger partial charge in [-0.15, -0.1) is 11.3 Å². The number of nitrogens with one attached hydrogen (secondary N) is 2. The number of oxazole rings is 1. The molecule has 9 heterocycles. The van der Waals surface area contributed by atoms with Gasteiger partial charge >= 0.3 is 0 Å². The van der Waals surface area contributed by atoms with Gasteiger partial charge in [0.05, 0.1) is 37.5 Å². The lowest BCUT2D eigenvalue weighted by Gasteiger charge is -1.82. The Hall–Kier alpha value is -6.49. The standard InChI is InChI=1S/C7H8.3C5H7N.3C5H6O.2C5H6S.C4H5NO.10C2H6/c1-7-5-3-2-4-6-7;1-5-2-3-6-4-5;1-6-4-2-3-5-6;1-5-3-2-4-6-5;2*1-5-2-3-6-4-5;1-5-3-2-4-6-5;1-5-2-3-6-4-5;1-5-3-2-4-6-5;1-4-5-2-3-6-4;10*1-2/h2-6H,1H3;2-4,6H,1H3;2-5H,1H3;2-4,6H,1H3;5*2-4H,1H3;2-3H,1H3;10*1-2H3. The van der Waals surface area contributed by atoms with E-state index in [0.717, 1.165) is 11.7 Å². The number of aromatic nitrogens is 4. The van der Waals surface area contributed by atoms with Crippen LogP contribution in [0.25, 0.3) is 0 Å². The molecule has 10 aromatic rings. The number of nitrogens with zero attached hydrogens (tertiary/aromatic N) is 2. The maximum absolute atomic E-state index is 4.83. The molecule has 0 aliphatic rings. The van der Waals surface area contributed by atoms with Gasteiger partial charge in [0.2, 0.25) is 0 Å². The second-order valence-corrected chi connectivity index (χ2v) is 15.1. The summed E-state index contributed by atoms with van der Waals surface area (Å²) in [6.07, 6.45) is 21.4. The number of hydrogen-bond acceptors (Lipinski definition) is 7. The van der Waals surface area contributed by atoms with Crippen LogP contribution in [0.15, 0.2) is 212 Å². The van der Waals surface area contributed by atoms with Crippen LogP contribution in [0.1, 0.15) is 189 Å². The van der Waals surface area contributed by atoms with E-state index in [1.165, 1.54) is 38.4 Å². The molecule has 0 aliphatic heterocycles. The minimum Gasteiger partial charge on any atom is -0.472 e. The lowest BCUT2D eigenvalue weighted by atomic mass is 10.2. The van der Waals surface area contributed by atoms with Crippen LogP contribution in [0.3, 0.4) is 0 Å².